The van der Waals surface area contributed by atoms with Gasteiger partial charge in [0, 0.05) is 13.1 Å². The van der Waals surface area contributed by atoms with Crippen molar-refractivity contribution >= 4 is 11.7 Å². The summed E-state index contributed by atoms with van der Waals surface area (Å²) in [4.78, 5) is 15.7. The second kappa shape index (κ2) is 6.01. The van der Waals surface area contributed by atoms with E-state index in [1.807, 2.05) is 19.1 Å². The second-order valence-corrected chi connectivity index (χ2v) is 3.19. The molecule has 0 aliphatic heterocycles. The van der Waals surface area contributed by atoms with Crippen molar-refractivity contribution in [3.05, 3.63) is 23.9 Å². The van der Waals surface area contributed by atoms with Crippen LogP contribution < -0.4 is 10.6 Å². The fourth-order valence-corrected chi connectivity index (χ4v) is 1.16. The molecule has 0 spiro atoms. The average molecular weight is 207 g/mol. The first-order valence-electron chi connectivity index (χ1n) is 5.27. The standard InChI is InChI=1S/C11H17N3O/c1-3-8-13-10-7-5-6-9(14-10)11(15)12-4-2/h5-7H,3-4,8H2,1-2H3,(H,12,15)(H,13,14). The Bertz CT molecular complexity index is 325. The summed E-state index contributed by atoms with van der Waals surface area (Å²) in [6, 6.07) is 5.40. The van der Waals surface area contributed by atoms with Gasteiger partial charge in [0.25, 0.3) is 5.91 Å². The predicted octanol–water partition coefficient (Wildman–Crippen LogP) is 1.65. The van der Waals surface area contributed by atoms with Crippen molar-refractivity contribution in [1.29, 1.82) is 0 Å². The van der Waals surface area contributed by atoms with Crippen LogP contribution in [0.25, 0.3) is 0 Å². The van der Waals surface area contributed by atoms with E-state index < -0.39 is 0 Å². The topological polar surface area (TPSA) is 54.0 Å². The van der Waals surface area contributed by atoms with Gasteiger partial charge in [0.1, 0.15) is 11.5 Å². The zero-order chi connectivity index (χ0) is 11.1. The van der Waals surface area contributed by atoms with E-state index in [1.165, 1.54) is 0 Å². The van der Waals surface area contributed by atoms with Crippen LogP contribution in [0.4, 0.5) is 5.82 Å². The molecule has 0 aromatic carbocycles. The van der Waals surface area contributed by atoms with Crippen molar-refractivity contribution in [2.45, 2.75) is 20.3 Å². The van der Waals surface area contributed by atoms with Crippen LogP contribution in [0.2, 0.25) is 0 Å². The molecule has 0 saturated heterocycles. The van der Waals surface area contributed by atoms with Crippen LogP contribution in [0.5, 0.6) is 0 Å². The molecule has 0 bridgehead atoms. The Balaban J connectivity index is 2.69. The number of pyridine rings is 1. The molecule has 82 valence electrons. The highest BCUT2D eigenvalue weighted by molar-refractivity contribution is 5.92. The van der Waals surface area contributed by atoms with Crippen LogP contribution in [0, 0.1) is 0 Å². The maximum atomic E-state index is 11.5. The van der Waals surface area contributed by atoms with Crippen molar-refractivity contribution in [2.75, 3.05) is 18.4 Å². The quantitative estimate of drug-likeness (QED) is 0.772. The van der Waals surface area contributed by atoms with Crippen LogP contribution in [-0.2, 0) is 0 Å². The fourth-order valence-electron chi connectivity index (χ4n) is 1.16. The van der Waals surface area contributed by atoms with Gasteiger partial charge in [-0.05, 0) is 25.5 Å². The number of amides is 1. The zero-order valence-electron chi connectivity index (χ0n) is 9.21. The molecule has 0 aliphatic rings. The third-order valence-electron chi connectivity index (χ3n) is 1.88. The van der Waals surface area contributed by atoms with E-state index in [1.54, 1.807) is 6.07 Å². The Kier molecular flexibility index (Phi) is 4.60. The maximum absolute atomic E-state index is 11.5. The molecule has 0 fully saturated rings. The van der Waals surface area contributed by atoms with E-state index >= 15 is 0 Å². The number of aromatic nitrogens is 1. The molecule has 0 unspecified atom stereocenters. The van der Waals surface area contributed by atoms with Crippen molar-refractivity contribution in [2.24, 2.45) is 0 Å². The van der Waals surface area contributed by atoms with Gasteiger partial charge in [0.05, 0.1) is 0 Å². The smallest absolute Gasteiger partial charge is 0.269 e. The molecule has 1 rings (SSSR count). The summed E-state index contributed by atoms with van der Waals surface area (Å²) in [5, 5.41) is 5.86. The summed E-state index contributed by atoms with van der Waals surface area (Å²) in [6.45, 7) is 5.46. The highest BCUT2D eigenvalue weighted by atomic mass is 16.1. The van der Waals surface area contributed by atoms with E-state index in [0.29, 0.717) is 12.2 Å². The van der Waals surface area contributed by atoms with Crippen molar-refractivity contribution in [3.63, 3.8) is 0 Å². The predicted molar refractivity (Wildman–Crippen MR) is 61.0 cm³/mol. The minimum atomic E-state index is -0.127. The van der Waals surface area contributed by atoms with Crippen molar-refractivity contribution in [3.8, 4) is 0 Å². The second-order valence-electron chi connectivity index (χ2n) is 3.19. The van der Waals surface area contributed by atoms with Gasteiger partial charge in [-0.25, -0.2) is 4.98 Å². The molecule has 0 atom stereocenters. The van der Waals surface area contributed by atoms with E-state index in [4.69, 9.17) is 0 Å². The molecule has 1 amide bonds. The molecule has 4 heteroatoms. The normalized spacial score (nSPS) is 9.73. The third-order valence-corrected chi connectivity index (χ3v) is 1.88. The molecule has 0 saturated carbocycles. The first-order chi connectivity index (χ1) is 7.27. The van der Waals surface area contributed by atoms with Gasteiger partial charge in [-0.2, -0.15) is 0 Å². The van der Waals surface area contributed by atoms with Gasteiger partial charge >= 0.3 is 0 Å². The van der Waals surface area contributed by atoms with Crippen LogP contribution in [0.15, 0.2) is 18.2 Å². The molecular formula is C11H17N3O. The molecule has 15 heavy (non-hydrogen) atoms. The third kappa shape index (κ3) is 3.58. The number of anilines is 1. The van der Waals surface area contributed by atoms with E-state index in [9.17, 15) is 4.79 Å². The Morgan fingerprint density at radius 2 is 2.20 bits per heavy atom. The van der Waals surface area contributed by atoms with Crippen LogP contribution in [0.1, 0.15) is 30.8 Å². The number of carbonyl (C=O) groups excluding carboxylic acids is 1. The fraction of sp³-hybridized carbons (Fsp3) is 0.455. The minimum Gasteiger partial charge on any atom is -0.370 e. The molecular weight excluding hydrogens is 190 g/mol. The highest BCUT2D eigenvalue weighted by Gasteiger charge is 2.05. The first-order valence-corrected chi connectivity index (χ1v) is 5.27. The van der Waals surface area contributed by atoms with Crippen molar-refractivity contribution < 1.29 is 4.79 Å². The van der Waals surface area contributed by atoms with Crippen LogP contribution >= 0.6 is 0 Å². The SMILES string of the molecule is CCCNc1cccc(C(=O)NCC)n1. The number of carbonyl (C=O) groups is 1. The van der Waals surface area contributed by atoms with E-state index in [-0.39, 0.29) is 5.91 Å². The largest absolute Gasteiger partial charge is 0.370 e. The Hall–Kier alpha value is -1.58. The summed E-state index contributed by atoms with van der Waals surface area (Å²) in [6.07, 6.45) is 1.03. The molecule has 0 radical (unpaired) electrons. The van der Waals surface area contributed by atoms with Crippen LogP contribution in [0.3, 0.4) is 0 Å². The van der Waals surface area contributed by atoms with E-state index in [0.717, 1.165) is 18.8 Å². The monoisotopic (exact) mass is 207 g/mol. The highest BCUT2D eigenvalue weighted by Crippen LogP contribution is 2.04. The van der Waals surface area contributed by atoms with Crippen molar-refractivity contribution in [1.82, 2.24) is 10.3 Å². The molecule has 2 N–H and O–H groups in total. The zero-order valence-corrected chi connectivity index (χ0v) is 9.21. The molecule has 1 heterocycles. The summed E-state index contributed by atoms with van der Waals surface area (Å²) in [7, 11) is 0. The average Bonchev–Trinajstić information content (AvgIpc) is 2.27. The van der Waals surface area contributed by atoms with Crippen LogP contribution in [-0.4, -0.2) is 24.0 Å². The molecule has 1 aromatic rings. The van der Waals surface area contributed by atoms with Gasteiger partial charge in [-0.1, -0.05) is 13.0 Å². The first kappa shape index (κ1) is 11.5. The van der Waals surface area contributed by atoms with E-state index in [2.05, 4.69) is 22.5 Å². The number of nitrogens with one attached hydrogen (secondary N) is 2. The Labute approximate surface area is 90.1 Å². The lowest BCUT2D eigenvalue weighted by Gasteiger charge is -2.05. The maximum Gasteiger partial charge on any atom is 0.269 e. The number of hydrogen-bond acceptors (Lipinski definition) is 3. The van der Waals surface area contributed by atoms with Gasteiger partial charge in [-0.15, -0.1) is 0 Å². The lowest BCUT2D eigenvalue weighted by Crippen LogP contribution is -2.23. The number of rotatable bonds is 5. The molecule has 0 aliphatic carbocycles. The Morgan fingerprint density at radius 1 is 1.40 bits per heavy atom. The molecule has 1 aromatic heterocycles. The lowest BCUT2D eigenvalue weighted by atomic mass is 10.3. The summed E-state index contributed by atoms with van der Waals surface area (Å²) < 4.78 is 0. The van der Waals surface area contributed by atoms with Gasteiger partial charge < -0.3 is 10.6 Å². The lowest BCUT2D eigenvalue weighted by molar-refractivity contribution is 0.0951. The van der Waals surface area contributed by atoms with Gasteiger partial charge in [-0.3, -0.25) is 4.79 Å². The minimum absolute atomic E-state index is 0.127. The number of nitrogens with zero attached hydrogens (tertiary/aromatic N) is 1. The van der Waals surface area contributed by atoms with Gasteiger partial charge in [0.15, 0.2) is 0 Å². The summed E-state index contributed by atoms with van der Waals surface area (Å²) in [5.74, 6) is 0.623. The summed E-state index contributed by atoms with van der Waals surface area (Å²) in [5.41, 5.74) is 0.456. The Morgan fingerprint density at radius 3 is 2.87 bits per heavy atom. The molecule has 4 nitrogen and oxygen atoms in total. The summed E-state index contributed by atoms with van der Waals surface area (Å²) >= 11 is 0. The number of hydrogen-bond donors (Lipinski definition) is 2. The van der Waals surface area contributed by atoms with Gasteiger partial charge in [0.2, 0.25) is 0 Å².